The maximum atomic E-state index is 12.4. The number of anilines is 1. The Morgan fingerprint density at radius 1 is 1.21 bits per heavy atom. The zero-order valence-electron chi connectivity index (χ0n) is 12.1. The van der Waals surface area contributed by atoms with E-state index < -0.39 is 16.0 Å². The molecule has 0 unspecified atom stereocenters. The van der Waals surface area contributed by atoms with Crippen molar-refractivity contribution in [1.82, 2.24) is 0 Å². The van der Waals surface area contributed by atoms with Crippen LogP contribution in [0, 0.1) is 0 Å². The molecule has 0 spiro atoms. The summed E-state index contributed by atoms with van der Waals surface area (Å²) in [5, 5.41) is 10.3. The number of nitrogens with one attached hydrogen (secondary N) is 1. The molecule has 2 N–H and O–H groups in total. The third-order valence-corrected chi connectivity index (χ3v) is 6.29. The number of carboxylic acid groups (broad SMARTS) is 1. The molecular formula is C14H12ClNO6S2. The van der Waals surface area contributed by atoms with Gasteiger partial charge in [0.1, 0.15) is 4.21 Å². The monoisotopic (exact) mass is 389 g/mol. The van der Waals surface area contributed by atoms with Crippen LogP contribution in [0.4, 0.5) is 5.69 Å². The Morgan fingerprint density at radius 2 is 1.88 bits per heavy atom. The fourth-order valence-electron chi connectivity index (χ4n) is 2.03. The Labute approximate surface area is 146 Å². The predicted octanol–water partition coefficient (Wildman–Crippen LogP) is 3.06. The van der Waals surface area contributed by atoms with Gasteiger partial charge in [-0.05, 0) is 6.07 Å². The highest BCUT2D eigenvalue weighted by Gasteiger charge is 2.22. The van der Waals surface area contributed by atoms with E-state index in [1.165, 1.54) is 17.5 Å². The molecule has 7 nitrogen and oxygen atoms in total. The fourth-order valence-corrected chi connectivity index (χ4v) is 4.51. The molecule has 1 aliphatic heterocycles. The van der Waals surface area contributed by atoms with Crippen molar-refractivity contribution < 1.29 is 27.8 Å². The molecule has 2 aromatic rings. The lowest BCUT2D eigenvalue weighted by Gasteiger charge is -2.12. The van der Waals surface area contributed by atoms with Crippen molar-refractivity contribution in [2.45, 2.75) is 10.6 Å². The van der Waals surface area contributed by atoms with Crippen molar-refractivity contribution in [1.29, 1.82) is 0 Å². The summed E-state index contributed by atoms with van der Waals surface area (Å²) in [5.41, 5.74) is 0.0383. The average Bonchev–Trinajstić information content (AvgIpc) is 2.92. The first-order valence-electron chi connectivity index (χ1n) is 6.80. The van der Waals surface area contributed by atoms with E-state index in [1.807, 2.05) is 0 Å². The molecular weight excluding hydrogens is 378 g/mol. The van der Waals surface area contributed by atoms with Crippen LogP contribution in [0.5, 0.6) is 11.5 Å². The highest BCUT2D eigenvalue weighted by atomic mass is 35.5. The van der Waals surface area contributed by atoms with Gasteiger partial charge in [-0.25, -0.2) is 13.2 Å². The van der Waals surface area contributed by atoms with Crippen LogP contribution in [0.1, 0.15) is 16.8 Å². The molecule has 1 aromatic heterocycles. The minimum Gasteiger partial charge on any atom is -0.490 e. The number of aromatic carboxylic acids is 1. The molecule has 0 atom stereocenters. The van der Waals surface area contributed by atoms with E-state index in [0.717, 1.165) is 17.4 Å². The lowest BCUT2D eigenvalue weighted by Crippen LogP contribution is -2.12. The molecule has 10 heteroatoms. The fraction of sp³-hybridized carbons (Fsp3) is 0.214. The predicted molar refractivity (Wildman–Crippen MR) is 89.1 cm³/mol. The Morgan fingerprint density at radius 3 is 2.50 bits per heavy atom. The molecule has 0 bridgehead atoms. The molecule has 0 saturated carbocycles. The van der Waals surface area contributed by atoms with E-state index in [9.17, 15) is 13.2 Å². The van der Waals surface area contributed by atoms with E-state index >= 15 is 0 Å². The number of rotatable bonds is 4. The van der Waals surface area contributed by atoms with Crippen LogP contribution in [0.15, 0.2) is 27.8 Å². The first-order chi connectivity index (χ1) is 11.4. The second-order valence-electron chi connectivity index (χ2n) is 4.89. The molecule has 2 heterocycles. The van der Waals surface area contributed by atoms with Gasteiger partial charge in [-0.15, -0.1) is 11.3 Å². The van der Waals surface area contributed by atoms with Crippen molar-refractivity contribution >= 4 is 44.6 Å². The van der Waals surface area contributed by atoms with Crippen LogP contribution < -0.4 is 14.2 Å². The van der Waals surface area contributed by atoms with Crippen LogP contribution in [0.3, 0.4) is 0 Å². The van der Waals surface area contributed by atoms with Crippen molar-refractivity contribution in [2.24, 2.45) is 0 Å². The summed E-state index contributed by atoms with van der Waals surface area (Å²) in [6.45, 7) is 0.940. The Bertz CT molecular complexity index is 893. The topological polar surface area (TPSA) is 102 Å². The third-order valence-electron chi connectivity index (χ3n) is 3.17. The zero-order chi connectivity index (χ0) is 17.3. The van der Waals surface area contributed by atoms with E-state index in [-0.39, 0.29) is 20.5 Å². The number of hydrogen-bond donors (Lipinski definition) is 2. The largest absolute Gasteiger partial charge is 0.490 e. The number of hydrogen-bond acceptors (Lipinski definition) is 6. The lowest BCUT2D eigenvalue weighted by molar-refractivity contribution is 0.0697. The van der Waals surface area contributed by atoms with E-state index in [2.05, 4.69) is 4.72 Å². The standard InChI is InChI=1S/C14H12ClNO6S2/c15-9-5-11-12(22-3-1-2-21-11)6-10(9)16-24(19,20)13-4-8(7-23-13)14(17)18/h4-7,16H,1-3H2,(H,17,18). The van der Waals surface area contributed by atoms with E-state index in [4.69, 9.17) is 26.2 Å². The summed E-state index contributed by atoms with van der Waals surface area (Å²) in [6, 6.07) is 4.02. The lowest BCUT2D eigenvalue weighted by atomic mass is 10.3. The summed E-state index contributed by atoms with van der Waals surface area (Å²) < 4.78 is 38.0. The normalized spacial score (nSPS) is 14.0. The maximum Gasteiger partial charge on any atom is 0.336 e. The van der Waals surface area contributed by atoms with E-state index in [0.29, 0.717) is 31.1 Å². The summed E-state index contributed by atoms with van der Waals surface area (Å²) in [7, 11) is -3.96. The van der Waals surface area contributed by atoms with Gasteiger partial charge in [0.25, 0.3) is 10.0 Å². The Kier molecular flexibility index (Phi) is 4.57. The summed E-state index contributed by atoms with van der Waals surface area (Å²) >= 11 is 6.92. The number of ether oxygens (including phenoxy) is 2. The molecule has 0 aliphatic carbocycles. The number of carbonyl (C=O) groups is 1. The van der Waals surface area contributed by atoms with Crippen molar-refractivity contribution in [3.8, 4) is 11.5 Å². The van der Waals surface area contributed by atoms with Gasteiger partial charge >= 0.3 is 5.97 Å². The smallest absolute Gasteiger partial charge is 0.336 e. The van der Waals surface area contributed by atoms with E-state index in [1.54, 1.807) is 0 Å². The second-order valence-corrected chi connectivity index (χ2v) is 8.12. The molecule has 0 radical (unpaired) electrons. The van der Waals surface area contributed by atoms with Crippen LogP contribution in [0.25, 0.3) is 0 Å². The van der Waals surface area contributed by atoms with Gasteiger partial charge in [-0.3, -0.25) is 4.72 Å². The molecule has 128 valence electrons. The number of thiophene rings is 1. The van der Waals surface area contributed by atoms with Gasteiger partial charge in [0, 0.05) is 23.9 Å². The third kappa shape index (κ3) is 3.42. The van der Waals surface area contributed by atoms with Gasteiger partial charge in [0.2, 0.25) is 0 Å². The molecule has 1 aromatic carbocycles. The summed E-state index contributed by atoms with van der Waals surface area (Å²) in [6.07, 6.45) is 0.709. The van der Waals surface area contributed by atoms with Crippen LogP contribution in [-0.4, -0.2) is 32.7 Å². The van der Waals surface area contributed by atoms with Crippen LogP contribution in [-0.2, 0) is 10.0 Å². The molecule has 0 saturated heterocycles. The minimum absolute atomic E-state index is 0.0925. The Hall–Kier alpha value is -1.97. The van der Waals surface area contributed by atoms with Gasteiger partial charge in [-0.1, -0.05) is 11.6 Å². The zero-order valence-corrected chi connectivity index (χ0v) is 14.5. The quantitative estimate of drug-likeness (QED) is 0.833. The molecule has 0 amide bonds. The van der Waals surface area contributed by atoms with Gasteiger partial charge in [0.05, 0.1) is 29.5 Å². The number of sulfonamides is 1. The van der Waals surface area contributed by atoms with Crippen molar-refractivity contribution in [3.05, 3.63) is 34.2 Å². The maximum absolute atomic E-state index is 12.4. The average molecular weight is 390 g/mol. The number of fused-ring (bicyclic) bond motifs is 1. The highest BCUT2D eigenvalue weighted by molar-refractivity contribution is 7.94. The summed E-state index contributed by atoms with van der Waals surface area (Å²) in [4.78, 5) is 10.9. The van der Waals surface area contributed by atoms with Crippen molar-refractivity contribution in [3.63, 3.8) is 0 Å². The van der Waals surface area contributed by atoms with Gasteiger partial charge < -0.3 is 14.6 Å². The molecule has 24 heavy (non-hydrogen) atoms. The first-order valence-corrected chi connectivity index (χ1v) is 9.55. The van der Waals surface area contributed by atoms with Gasteiger partial charge in [0.15, 0.2) is 11.5 Å². The summed E-state index contributed by atoms with van der Waals surface area (Å²) in [5.74, 6) is -0.349. The highest BCUT2D eigenvalue weighted by Crippen LogP contribution is 2.38. The minimum atomic E-state index is -3.96. The van der Waals surface area contributed by atoms with Gasteiger partial charge in [-0.2, -0.15) is 0 Å². The molecule has 0 fully saturated rings. The molecule has 1 aliphatic rings. The van der Waals surface area contributed by atoms with Crippen LogP contribution in [0.2, 0.25) is 5.02 Å². The second kappa shape index (κ2) is 6.50. The van der Waals surface area contributed by atoms with Crippen molar-refractivity contribution in [2.75, 3.05) is 17.9 Å². The first kappa shape index (κ1) is 16.9. The Balaban J connectivity index is 1.91. The number of carboxylic acids is 1. The number of halogens is 1. The molecule has 3 rings (SSSR count). The SMILES string of the molecule is O=C(O)c1csc(S(=O)(=O)Nc2cc3c(cc2Cl)OCCCO3)c1. The number of benzene rings is 1. The van der Waals surface area contributed by atoms with Crippen LogP contribution >= 0.6 is 22.9 Å².